The molecule has 162 valence electrons. The van der Waals surface area contributed by atoms with Crippen LogP contribution in [0.25, 0.3) is 0 Å². The van der Waals surface area contributed by atoms with Gasteiger partial charge < -0.3 is 15.3 Å². The molecule has 0 unspecified atom stereocenters. The van der Waals surface area contributed by atoms with Crippen molar-refractivity contribution in [3.05, 3.63) is 47.7 Å². The van der Waals surface area contributed by atoms with Crippen molar-refractivity contribution in [2.75, 3.05) is 23.3 Å². The van der Waals surface area contributed by atoms with Crippen LogP contribution in [0.15, 0.2) is 46.5 Å². The number of aryl methyl sites for hydroxylation is 1. The summed E-state index contributed by atoms with van der Waals surface area (Å²) in [5.74, 6) is 2.30. The Morgan fingerprint density at radius 1 is 1.23 bits per heavy atom. The van der Waals surface area contributed by atoms with Crippen LogP contribution in [0.2, 0.25) is 0 Å². The van der Waals surface area contributed by atoms with Gasteiger partial charge in [0.2, 0.25) is 0 Å². The summed E-state index contributed by atoms with van der Waals surface area (Å²) in [6, 6.07) is 11.7. The molecule has 4 rings (SSSR count). The maximum absolute atomic E-state index is 11.7. The predicted octanol–water partition coefficient (Wildman–Crippen LogP) is 3.50. The molecule has 31 heavy (non-hydrogen) atoms. The number of nitrogens with one attached hydrogen (secondary N) is 2. The Balaban J connectivity index is 1.55. The van der Waals surface area contributed by atoms with Crippen LogP contribution >= 0.6 is 11.8 Å². The van der Waals surface area contributed by atoms with Gasteiger partial charge in [-0.15, -0.1) is 0 Å². The number of β-amino-alcohol motifs (C(OH)–C–C–N with tert-alkyl or cyclic N) is 1. The van der Waals surface area contributed by atoms with Crippen LogP contribution in [0.5, 0.6) is 0 Å². The first-order valence-electron chi connectivity index (χ1n) is 10.2. The van der Waals surface area contributed by atoms with Gasteiger partial charge >= 0.3 is 0 Å². The number of aliphatic hydroxyl groups is 1. The lowest BCUT2D eigenvalue weighted by atomic mass is 9.97. The third-order valence-corrected chi connectivity index (χ3v) is 5.84. The van der Waals surface area contributed by atoms with Gasteiger partial charge in [0.05, 0.1) is 5.60 Å². The van der Waals surface area contributed by atoms with E-state index in [2.05, 4.69) is 20.5 Å². The third kappa shape index (κ3) is 5.42. The minimum atomic E-state index is -0.698. The number of aromatic amines is 1. The molecule has 0 aliphatic carbocycles. The minimum absolute atomic E-state index is 0.228. The molecule has 3 N–H and O–H groups in total. The molecule has 0 bridgehead atoms. The van der Waals surface area contributed by atoms with Gasteiger partial charge in [-0.3, -0.25) is 9.89 Å². The second kappa shape index (κ2) is 8.68. The Morgan fingerprint density at radius 3 is 2.58 bits per heavy atom. The normalized spacial score (nSPS) is 14.9. The zero-order valence-electron chi connectivity index (χ0n) is 17.8. The predicted molar refractivity (Wildman–Crippen MR) is 121 cm³/mol. The lowest BCUT2D eigenvalue weighted by molar-refractivity contribution is -0.118. The highest BCUT2D eigenvalue weighted by Crippen LogP contribution is 2.32. The van der Waals surface area contributed by atoms with Gasteiger partial charge in [0.15, 0.2) is 11.0 Å². The number of anilines is 3. The highest BCUT2D eigenvalue weighted by molar-refractivity contribution is 7.99. The summed E-state index contributed by atoms with van der Waals surface area (Å²) >= 11 is 1.45. The van der Waals surface area contributed by atoms with Crippen molar-refractivity contribution < 1.29 is 9.90 Å². The number of H-pyrrole nitrogens is 1. The first kappa shape index (κ1) is 21.3. The first-order chi connectivity index (χ1) is 14.8. The van der Waals surface area contributed by atoms with Gasteiger partial charge in [0.1, 0.15) is 17.4 Å². The number of aromatic nitrogens is 4. The Hall–Kier alpha value is -2.91. The lowest BCUT2D eigenvalue weighted by Gasteiger charge is -2.45. The summed E-state index contributed by atoms with van der Waals surface area (Å²) in [5, 5.41) is 21.1. The molecule has 0 amide bonds. The standard InChI is InChI=1S/C22H26N6O2S/c1-4-16(29)10-15-5-7-17(8-6-15)31-21-24-18(23-19-9-14(2)26-27-19)11-20(25-21)28-12-22(3,30)13-28/h5-9,11,30H,4,10,12-13H2,1-3H3,(H2,23,24,25,26,27). The number of hydrogen-bond acceptors (Lipinski definition) is 8. The van der Waals surface area contributed by atoms with E-state index in [1.165, 1.54) is 11.8 Å². The highest BCUT2D eigenvalue weighted by atomic mass is 32.2. The van der Waals surface area contributed by atoms with Crippen molar-refractivity contribution in [1.82, 2.24) is 20.2 Å². The number of rotatable bonds is 8. The fraction of sp³-hybridized carbons (Fsp3) is 0.364. The average Bonchev–Trinajstić information content (AvgIpc) is 3.11. The number of hydrogen-bond donors (Lipinski definition) is 3. The van der Waals surface area contributed by atoms with E-state index in [0.29, 0.717) is 42.7 Å². The molecule has 1 saturated heterocycles. The summed E-state index contributed by atoms with van der Waals surface area (Å²) < 4.78 is 0. The zero-order chi connectivity index (χ0) is 22.0. The molecule has 3 heterocycles. The first-order valence-corrected chi connectivity index (χ1v) is 11.1. The van der Waals surface area contributed by atoms with Crippen molar-refractivity contribution >= 4 is 35.0 Å². The van der Waals surface area contributed by atoms with E-state index in [1.807, 2.05) is 62.1 Å². The highest BCUT2D eigenvalue weighted by Gasteiger charge is 2.37. The third-order valence-electron chi connectivity index (χ3n) is 4.97. The lowest BCUT2D eigenvalue weighted by Crippen LogP contribution is -2.60. The van der Waals surface area contributed by atoms with Crippen molar-refractivity contribution in [1.29, 1.82) is 0 Å². The summed E-state index contributed by atoms with van der Waals surface area (Å²) in [6.07, 6.45) is 1.01. The molecule has 0 radical (unpaired) electrons. The fourth-order valence-electron chi connectivity index (χ4n) is 3.37. The van der Waals surface area contributed by atoms with Crippen molar-refractivity contribution in [3.63, 3.8) is 0 Å². The Kier molecular flexibility index (Phi) is 5.97. The SMILES string of the molecule is CCC(=O)Cc1ccc(Sc2nc(Nc3cc(C)[nH]n3)cc(N3CC(C)(O)C3)n2)cc1. The molecule has 1 aliphatic rings. The molecule has 0 atom stereocenters. The van der Waals surface area contributed by atoms with Crippen molar-refractivity contribution in [3.8, 4) is 0 Å². The summed E-state index contributed by atoms with van der Waals surface area (Å²) in [5.41, 5.74) is 1.26. The molecule has 2 aromatic heterocycles. The topological polar surface area (TPSA) is 107 Å². The van der Waals surface area contributed by atoms with Crippen LogP contribution in [0.1, 0.15) is 31.5 Å². The van der Waals surface area contributed by atoms with Crippen LogP contribution in [0, 0.1) is 6.92 Å². The second-order valence-corrected chi connectivity index (χ2v) is 9.16. The van der Waals surface area contributed by atoms with Gasteiger partial charge in [-0.2, -0.15) is 5.10 Å². The fourth-order valence-corrected chi connectivity index (χ4v) is 4.14. The Bertz CT molecular complexity index is 1070. The van der Waals surface area contributed by atoms with E-state index in [4.69, 9.17) is 4.98 Å². The molecule has 9 heteroatoms. The van der Waals surface area contributed by atoms with Crippen LogP contribution in [-0.2, 0) is 11.2 Å². The van der Waals surface area contributed by atoms with E-state index in [0.717, 1.165) is 22.0 Å². The van der Waals surface area contributed by atoms with E-state index in [-0.39, 0.29) is 5.78 Å². The van der Waals surface area contributed by atoms with E-state index in [9.17, 15) is 9.90 Å². The maximum atomic E-state index is 11.7. The molecule has 0 saturated carbocycles. The molecule has 3 aromatic rings. The van der Waals surface area contributed by atoms with Crippen LogP contribution in [0.3, 0.4) is 0 Å². The smallest absolute Gasteiger partial charge is 0.196 e. The van der Waals surface area contributed by atoms with Crippen LogP contribution < -0.4 is 10.2 Å². The number of ketones is 1. The van der Waals surface area contributed by atoms with Crippen molar-refractivity contribution in [2.24, 2.45) is 0 Å². The van der Waals surface area contributed by atoms with Gasteiger partial charge in [0.25, 0.3) is 0 Å². The van der Waals surface area contributed by atoms with Gasteiger partial charge in [-0.1, -0.05) is 19.1 Å². The van der Waals surface area contributed by atoms with Crippen molar-refractivity contribution in [2.45, 2.75) is 49.3 Å². The summed E-state index contributed by atoms with van der Waals surface area (Å²) in [6.45, 7) is 6.68. The zero-order valence-corrected chi connectivity index (χ0v) is 18.7. The van der Waals surface area contributed by atoms with Gasteiger partial charge in [-0.25, -0.2) is 9.97 Å². The van der Waals surface area contributed by atoms with Crippen LogP contribution in [0.4, 0.5) is 17.5 Å². The summed E-state index contributed by atoms with van der Waals surface area (Å²) in [7, 11) is 0. The Labute approximate surface area is 185 Å². The molecule has 1 fully saturated rings. The molecule has 1 aromatic carbocycles. The van der Waals surface area contributed by atoms with E-state index in [1.54, 1.807) is 0 Å². The number of Topliss-reactive ketones (excluding diaryl/α,β-unsaturated/α-hetero) is 1. The van der Waals surface area contributed by atoms with Gasteiger partial charge in [0, 0.05) is 48.7 Å². The van der Waals surface area contributed by atoms with E-state index >= 15 is 0 Å². The number of carbonyl (C=O) groups excluding carboxylic acids is 1. The van der Waals surface area contributed by atoms with Gasteiger partial charge in [-0.05, 0) is 43.3 Å². The van der Waals surface area contributed by atoms with Crippen LogP contribution in [-0.4, -0.2) is 49.7 Å². The molecule has 8 nitrogen and oxygen atoms in total. The monoisotopic (exact) mass is 438 g/mol. The number of carbonyl (C=O) groups is 1. The molecule has 1 aliphatic heterocycles. The quantitative estimate of drug-likeness (QED) is 0.459. The largest absolute Gasteiger partial charge is 0.386 e. The number of nitrogens with zero attached hydrogens (tertiary/aromatic N) is 4. The molecular formula is C22H26N6O2S. The summed E-state index contributed by atoms with van der Waals surface area (Å²) in [4.78, 5) is 24.0. The minimum Gasteiger partial charge on any atom is -0.386 e. The second-order valence-electron chi connectivity index (χ2n) is 8.12. The number of benzene rings is 1. The maximum Gasteiger partial charge on any atom is 0.196 e. The van der Waals surface area contributed by atoms with E-state index < -0.39 is 5.60 Å². The molecular weight excluding hydrogens is 412 g/mol. The average molecular weight is 439 g/mol. The Morgan fingerprint density at radius 2 is 1.97 bits per heavy atom. The molecule has 0 spiro atoms.